The molecule has 0 N–H and O–H groups in total. The van der Waals surface area contributed by atoms with Crippen LogP contribution in [0.2, 0.25) is 0 Å². The summed E-state index contributed by atoms with van der Waals surface area (Å²) in [5.41, 5.74) is 3.63. The van der Waals surface area contributed by atoms with E-state index >= 15 is 0 Å². The van der Waals surface area contributed by atoms with Crippen molar-refractivity contribution < 1.29 is 4.39 Å². The predicted octanol–water partition coefficient (Wildman–Crippen LogP) is 4.48. The third-order valence-corrected chi connectivity index (χ3v) is 6.96. The molecule has 2 aliphatic carbocycles. The summed E-state index contributed by atoms with van der Waals surface area (Å²) in [5.74, 6) is 1.00. The van der Waals surface area contributed by atoms with Gasteiger partial charge in [0.15, 0.2) is 0 Å². The molecule has 0 amide bonds. The summed E-state index contributed by atoms with van der Waals surface area (Å²) < 4.78 is 13.0. The maximum absolute atomic E-state index is 13.0. The first-order chi connectivity index (χ1) is 10.9. The molecule has 0 saturated heterocycles. The lowest BCUT2D eigenvalue weighted by molar-refractivity contribution is 0.226. The van der Waals surface area contributed by atoms with E-state index in [4.69, 9.17) is 4.98 Å². The third-order valence-electron chi connectivity index (χ3n) is 6.05. The number of fused-ring (bicyclic) bond motifs is 5. The van der Waals surface area contributed by atoms with Gasteiger partial charge in [-0.3, -0.25) is 0 Å². The van der Waals surface area contributed by atoms with E-state index in [-0.39, 0.29) is 16.6 Å². The van der Waals surface area contributed by atoms with E-state index in [1.165, 1.54) is 25.0 Å². The smallest absolute Gasteiger partial charge is 0.209 e. The summed E-state index contributed by atoms with van der Waals surface area (Å²) in [5, 5.41) is 9.56. The lowest BCUT2D eigenvalue weighted by Crippen LogP contribution is -2.32. The lowest BCUT2D eigenvalue weighted by Gasteiger charge is -2.33. The topological polar surface area (TPSA) is 38.7 Å². The van der Waals surface area contributed by atoms with E-state index in [9.17, 15) is 4.39 Å². The van der Waals surface area contributed by atoms with Crippen molar-refractivity contribution >= 4 is 11.8 Å². The van der Waals surface area contributed by atoms with Gasteiger partial charge < -0.3 is 0 Å². The molecular weight excluding hydrogens is 309 g/mol. The minimum atomic E-state index is -0.208. The van der Waals surface area contributed by atoms with E-state index in [0.717, 1.165) is 27.9 Å². The molecule has 0 aliphatic heterocycles. The van der Waals surface area contributed by atoms with Gasteiger partial charge in [-0.2, -0.15) is 5.10 Å². The number of nitrogens with zero attached hydrogens (tertiary/aromatic N) is 3. The van der Waals surface area contributed by atoms with Gasteiger partial charge in [-0.05, 0) is 36.0 Å². The van der Waals surface area contributed by atoms with Gasteiger partial charge in [0.2, 0.25) is 5.16 Å². The number of hydrogen-bond donors (Lipinski definition) is 0. The normalized spacial score (nSPS) is 27.2. The molecular formula is C18H20FN3S. The largest absolute Gasteiger partial charge is 0.224 e. The summed E-state index contributed by atoms with van der Waals surface area (Å²) in [7, 11) is 0. The Hall–Kier alpha value is -1.49. The van der Waals surface area contributed by atoms with Crippen LogP contribution < -0.4 is 0 Å². The van der Waals surface area contributed by atoms with Crippen molar-refractivity contribution in [2.24, 2.45) is 5.41 Å². The quantitative estimate of drug-likeness (QED) is 0.778. The van der Waals surface area contributed by atoms with Crippen molar-refractivity contribution in [2.45, 2.75) is 55.9 Å². The highest BCUT2D eigenvalue weighted by Gasteiger charge is 2.61. The predicted molar refractivity (Wildman–Crippen MR) is 88.9 cm³/mol. The molecule has 0 spiro atoms. The van der Waals surface area contributed by atoms with E-state index < -0.39 is 0 Å². The first-order valence-electron chi connectivity index (χ1n) is 8.04. The van der Waals surface area contributed by atoms with E-state index in [1.807, 2.05) is 0 Å². The summed E-state index contributed by atoms with van der Waals surface area (Å²) in [4.78, 5) is 4.85. The van der Waals surface area contributed by atoms with Crippen molar-refractivity contribution in [3.05, 3.63) is 47.0 Å². The van der Waals surface area contributed by atoms with E-state index in [0.29, 0.717) is 5.92 Å². The van der Waals surface area contributed by atoms with Crippen LogP contribution in [0.15, 0.2) is 29.4 Å². The van der Waals surface area contributed by atoms with Gasteiger partial charge in [0.1, 0.15) is 5.82 Å². The van der Waals surface area contributed by atoms with E-state index in [1.54, 1.807) is 23.9 Å². The molecule has 2 unspecified atom stereocenters. The summed E-state index contributed by atoms with van der Waals surface area (Å²) in [6.07, 6.45) is 2.37. The van der Waals surface area contributed by atoms with Crippen LogP contribution in [0.1, 0.15) is 56.5 Å². The van der Waals surface area contributed by atoms with Gasteiger partial charge in [-0.1, -0.05) is 44.7 Å². The molecule has 120 valence electrons. The van der Waals surface area contributed by atoms with Gasteiger partial charge in [0, 0.05) is 17.1 Å². The monoisotopic (exact) mass is 329 g/mol. The summed E-state index contributed by atoms with van der Waals surface area (Å²) >= 11 is 1.56. The van der Waals surface area contributed by atoms with Crippen LogP contribution in [0.5, 0.6) is 0 Å². The summed E-state index contributed by atoms with van der Waals surface area (Å²) in [6, 6.07) is 6.57. The Balaban J connectivity index is 1.59. The highest BCUT2D eigenvalue weighted by Crippen LogP contribution is 2.66. The Morgan fingerprint density at radius 2 is 1.91 bits per heavy atom. The molecule has 4 rings (SSSR count). The van der Waals surface area contributed by atoms with Crippen LogP contribution in [-0.4, -0.2) is 15.2 Å². The molecule has 1 heterocycles. The zero-order chi connectivity index (χ0) is 16.2. The molecule has 2 aromatic rings. The van der Waals surface area contributed by atoms with Crippen LogP contribution >= 0.6 is 11.8 Å². The van der Waals surface area contributed by atoms with Gasteiger partial charge in [0.25, 0.3) is 0 Å². The zero-order valence-electron chi connectivity index (χ0n) is 13.6. The Morgan fingerprint density at radius 3 is 2.65 bits per heavy atom. The van der Waals surface area contributed by atoms with Crippen molar-refractivity contribution in [3.63, 3.8) is 0 Å². The fourth-order valence-corrected chi connectivity index (χ4v) is 4.89. The van der Waals surface area contributed by atoms with Crippen LogP contribution in [0.4, 0.5) is 4.39 Å². The molecule has 1 saturated carbocycles. The second kappa shape index (κ2) is 5.00. The first-order valence-corrected chi connectivity index (χ1v) is 9.03. The SMILES string of the molecule is CC12CCC(c3nnc(SCc4ccc(F)cc4)nc31)C2(C)C. The van der Waals surface area contributed by atoms with Crippen LogP contribution in [-0.2, 0) is 11.2 Å². The molecule has 3 nitrogen and oxygen atoms in total. The van der Waals surface area contributed by atoms with Gasteiger partial charge in [-0.25, -0.2) is 9.37 Å². The average Bonchev–Trinajstić information content (AvgIpc) is 2.86. The van der Waals surface area contributed by atoms with Crippen molar-refractivity contribution in [2.75, 3.05) is 0 Å². The number of halogens is 1. The van der Waals surface area contributed by atoms with Crippen molar-refractivity contribution in [1.29, 1.82) is 0 Å². The number of rotatable bonds is 3. The Labute approximate surface area is 140 Å². The summed E-state index contributed by atoms with van der Waals surface area (Å²) in [6.45, 7) is 6.99. The second-order valence-electron chi connectivity index (χ2n) is 7.39. The molecule has 23 heavy (non-hydrogen) atoms. The fourth-order valence-electron chi connectivity index (χ4n) is 4.15. The van der Waals surface area contributed by atoms with E-state index in [2.05, 4.69) is 31.0 Å². The average molecular weight is 329 g/mol. The minimum Gasteiger partial charge on any atom is -0.224 e. The minimum absolute atomic E-state index is 0.105. The molecule has 2 atom stereocenters. The van der Waals surface area contributed by atoms with Crippen molar-refractivity contribution in [1.82, 2.24) is 15.2 Å². The number of hydrogen-bond acceptors (Lipinski definition) is 4. The Bertz CT molecular complexity index is 759. The Kier molecular flexibility index (Phi) is 3.28. The number of aromatic nitrogens is 3. The standard InChI is InChI=1S/C18H20FN3S/c1-17(2)13-8-9-18(17,3)15-14(13)21-22-16(20-15)23-10-11-4-6-12(19)7-5-11/h4-7,13H,8-10H2,1-3H3. The maximum atomic E-state index is 13.0. The molecule has 1 aromatic carbocycles. The highest BCUT2D eigenvalue weighted by atomic mass is 32.2. The molecule has 1 fully saturated rings. The molecule has 2 aliphatic rings. The van der Waals surface area contributed by atoms with Gasteiger partial charge >= 0.3 is 0 Å². The molecule has 2 bridgehead atoms. The fraction of sp³-hybridized carbons (Fsp3) is 0.500. The maximum Gasteiger partial charge on any atom is 0.209 e. The van der Waals surface area contributed by atoms with Crippen LogP contribution in [0.25, 0.3) is 0 Å². The number of benzene rings is 1. The molecule has 0 radical (unpaired) electrons. The number of thioether (sulfide) groups is 1. The molecule has 1 aromatic heterocycles. The van der Waals surface area contributed by atoms with Gasteiger partial charge in [0.05, 0.1) is 11.4 Å². The second-order valence-corrected chi connectivity index (χ2v) is 8.33. The zero-order valence-corrected chi connectivity index (χ0v) is 14.5. The van der Waals surface area contributed by atoms with Crippen molar-refractivity contribution in [3.8, 4) is 0 Å². The van der Waals surface area contributed by atoms with Gasteiger partial charge in [-0.15, -0.1) is 5.10 Å². The third kappa shape index (κ3) is 2.12. The lowest BCUT2D eigenvalue weighted by atomic mass is 9.70. The Morgan fingerprint density at radius 1 is 1.17 bits per heavy atom. The first kappa shape index (κ1) is 15.1. The highest BCUT2D eigenvalue weighted by molar-refractivity contribution is 7.98. The molecule has 5 heteroatoms. The van der Waals surface area contributed by atoms with Crippen LogP contribution in [0, 0.1) is 11.2 Å². The van der Waals surface area contributed by atoms with Crippen LogP contribution in [0.3, 0.4) is 0 Å².